The number of furan rings is 1. The number of halogens is 2. The van der Waals surface area contributed by atoms with E-state index in [0.29, 0.717) is 32.6 Å². The van der Waals surface area contributed by atoms with Crippen LogP contribution in [0.25, 0.3) is 0 Å². The molecule has 0 saturated heterocycles. The molecule has 204 valence electrons. The van der Waals surface area contributed by atoms with Crippen LogP contribution in [0.5, 0.6) is 0 Å². The maximum absolute atomic E-state index is 13.5. The van der Waals surface area contributed by atoms with E-state index in [-0.39, 0.29) is 23.9 Å². The first kappa shape index (κ1) is 28.5. The summed E-state index contributed by atoms with van der Waals surface area (Å²) in [4.78, 5) is 15.2. The molecule has 10 heteroatoms. The molecular weight excluding hydrogens is 557 g/mol. The van der Waals surface area contributed by atoms with Crippen LogP contribution in [0.15, 0.2) is 94.4 Å². The van der Waals surface area contributed by atoms with Gasteiger partial charge in [0.15, 0.2) is 0 Å². The molecule has 1 amide bonds. The Morgan fingerprint density at radius 3 is 2.41 bits per heavy atom. The Kier molecular flexibility index (Phi) is 9.56. The molecule has 0 aliphatic rings. The van der Waals surface area contributed by atoms with Gasteiger partial charge in [-0.3, -0.25) is 9.52 Å². The number of amides is 1. The van der Waals surface area contributed by atoms with Gasteiger partial charge in [-0.25, -0.2) is 8.42 Å². The second-order valence-electron chi connectivity index (χ2n) is 8.93. The lowest BCUT2D eigenvalue weighted by atomic mass is 10.1. The third-order valence-corrected chi connectivity index (χ3v) is 7.96. The second-order valence-corrected chi connectivity index (χ2v) is 11.5. The van der Waals surface area contributed by atoms with Crippen LogP contribution >= 0.6 is 23.2 Å². The molecule has 2 N–H and O–H groups in total. The fraction of sp³-hybridized carbons (Fsp3) is 0.207. The van der Waals surface area contributed by atoms with Crippen molar-refractivity contribution in [2.75, 3.05) is 16.6 Å². The molecule has 3 aromatic carbocycles. The van der Waals surface area contributed by atoms with E-state index < -0.39 is 10.0 Å². The van der Waals surface area contributed by atoms with E-state index in [1.165, 1.54) is 11.2 Å². The molecule has 0 atom stereocenters. The minimum atomic E-state index is -3.92. The fourth-order valence-corrected chi connectivity index (χ4v) is 5.47. The molecule has 1 aromatic heterocycles. The Bertz CT molecular complexity index is 1510. The Morgan fingerprint density at radius 2 is 1.72 bits per heavy atom. The average Bonchev–Trinajstić information content (AvgIpc) is 3.43. The van der Waals surface area contributed by atoms with Crippen molar-refractivity contribution in [3.05, 3.63) is 112 Å². The van der Waals surface area contributed by atoms with Gasteiger partial charge in [0.25, 0.3) is 15.9 Å². The summed E-state index contributed by atoms with van der Waals surface area (Å²) >= 11 is 12.6. The van der Waals surface area contributed by atoms with E-state index in [0.717, 1.165) is 25.1 Å². The fourth-order valence-electron chi connectivity index (χ4n) is 3.96. The van der Waals surface area contributed by atoms with Crippen molar-refractivity contribution in [2.45, 2.75) is 37.8 Å². The van der Waals surface area contributed by atoms with Crippen molar-refractivity contribution >= 4 is 50.5 Å². The molecule has 0 spiro atoms. The Balaban J connectivity index is 1.61. The normalized spacial score (nSPS) is 11.3. The smallest absolute Gasteiger partial charge is 0.261 e. The van der Waals surface area contributed by atoms with Crippen LogP contribution in [0.3, 0.4) is 0 Å². The Labute approximate surface area is 238 Å². The molecule has 7 nitrogen and oxygen atoms in total. The van der Waals surface area contributed by atoms with E-state index in [1.807, 2.05) is 0 Å². The highest BCUT2D eigenvalue weighted by atomic mass is 35.5. The maximum Gasteiger partial charge on any atom is 0.261 e. The summed E-state index contributed by atoms with van der Waals surface area (Å²) < 4.78 is 34.7. The van der Waals surface area contributed by atoms with Gasteiger partial charge >= 0.3 is 0 Å². The molecule has 4 rings (SSSR count). The van der Waals surface area contributed by atoms with Gasteiger partial charge in [-0.05, 0) is 78.7 Å². The van der Waals surface area contributed by atoms with Gasteiger partial charge in [0.1, 0.15) is 5.76 Å². The molecule has 0 bridgehead atoms. The highest BCUT2D eigenvalue weighted by Gasteiger charge is 2.23. The van der Waals surface area contributed by atoms with Crippen molar-refractivity contribution in [3.63, 3.8) is 0 Å². The van der Waals surface area contributed by atoms with Gasteiger partial charge in [0.05, 0.1) is 34.0 Å². The minimum absolute atomic E-state index is 0.0451. The summed E-state index contributed by atoms with van der Waals surface area (Å²) in [5.41, 5.74) is 1.99. The van der Waals surface area contributed by atoms with Crippen LogP contribution in [-0.2, 0) is 23.1 Å². The highest BCUT2D eigenvalue weighted by molar-refractivity contribution is 7.92. The molecule has 0 fully saturated rings. The predicted molar refractivity (Wildman–Crippen MR) is 156 cm³/mol. The summed E-state index contributed by atoms with van der Waals surface area (Å²) in [6.45, 7) is 3.11. The van der Waals surface area contributed by atoms with Gasteiger partial charge in [0.2, 0.25) is 0 Å². The van der Waals surface area contributed by atoms with Gasteiger partial charge < -0.3 is 14.6 Å². The number of hydrogen-bond acceptors (Lipinski definition) is 5. The number of nitrogens with zero attached hydrogens (tertiary/aromatic N) is 1. The van der Waals surface area contributed by atoms with E-state index in [1.54, 1.807) is 78.9 Å². The average molecular weight is 587 g/mol. The zero-order chi connectivity index (χ0) is 27.8. The van der Waals surface area contributed by atoms with Crippen molar-refractivity contribution in [3.8, 4) is 0 Å². The first-order valence-corrected chi connectivity index (χ1v) is 14.7. The number of benzene rings is 3. The zero-order valence-corrected chi connectivity index (χ0v) is 23.7. The SMILES string of the molecule is CCCCNc1ccc(S(=O)(=O)Nc2ccc(Cl)cc2CN(Cc2ccco2)C(=O)c2ccccc2Cl)cc1. The Morgan fingerprint density at radius 1 is 0.949 bits per heavy atom. The number of hydrogen-bond donors (Lipinski definition) is 2. The van der Waals surface area contributed by atoms with Gasteiger partial charge in [-0.2, -0.15) is 0 Å². The van der Waals surface area contributed by atoms with E-state index in [4.69, 9.17) is 27.6 Å². The molecule has 1 heterocycles. The van der Waals surface area contributed by atoms with Crippen LogP contribution in [0.1, 0.15) is 41.4 Å². The molecule has 4 aromatic rings. The summed E-state index contributed by atoms with van der Waals surface area (Å²) in [6.07, 6.45) is 3.61. The van der Waals surface area contributed by atoms with Crippen LogP contribution in [0.4, 0.5) is 11.4 Å². The standard InChI is InChI=1S/C29H29Cl2N3O4S/c1-2-3-16-32-23-11-13-25(14-12-23)39(36,37)33-28-15-10-22(30)18-21(28)19-34(20-24-7-6-17-38-24)29(35)26-8-4-5-9-27(26)31/h4-15,17-18,32-33H,2-3,16,19-20H2,1H3. The van der Waals surface area contributed by atoms with Crippen LogP contribution in [0, 0.1) is 0 Å². The van der Waals surface area contributed by atoms with E-state index >= 15 is 0 Å². The minimum Gasteiger partial charge on any atom is -0.467 e. The van der Waals surface area contributed by atoms with Crippen LogP contribution < -0.4 is 10.0 Å². The monoisotopic (exact) mass is 585 g/mol. The quantitative estimate of drug-likeness (QED) is 0.168. The maximum atomic E-state index is 13.5. The number of anilines is 2. The third-order valence-electron chi connectivity index (χ3n) is 6.02. The number of sulfonamides is 1. The van der Waals surface area contributed by atoms with E-state index in [9.17, 15) is 13.2 Å². The van der Waals surface area contributed by atoms with Crippen molar-refractivity contribution in [2.24, 2.45) is 0 Å². The number of nitrogens with one attached hydrogen (secondary N) is 2. The lowest BCUT2D eigenvalue weighted by Gasteiger charge is -2.24. The van der Waals surface area contributed by atoms with Gasteiger partial charge in [-0.15, -0.1) is 0 Å². The zero-order valence-electron chi connectivity index (χ0n) is 21.4. The number of carbonyl (C=O) groups excluding carboxylic acids is 1. The van der Waals surface area contributed by atoms with Gasteiger partial charge in [-0.1, -0.05) is 48.7 Å². The molecule has 0 saturated carbocycles. The lowest BCUT2D eigenvalue weighted by molar-refractivity contribution is 0.0718. The molecule has 0 aliphatic carbocycles. The van der Waals surface area contributed by atoms with Crippen molar-refractivity contribution in [1.29, 1.82) is 0 Å². The molecule has 39 heavy (non-hydrogen) atoms. The van der Waals surface area contributed by atoms with Gasteiger partial charge in [0, 0.05) is 23.8 Å². The Hall–Kier alpha value is -3.46. The summed E-state index contributed by atoms with van der Waals surface area (Å²) in [5.74, 6) is 0.226. The second kappa shape index (κ2) is 13.1. The third kappa shape index (κ3) is 7.56. The summed E-state index contributed by atoms with van der Waals surface area (Å²) in [5, 5.41) is 3.99. The van der Waals surface area contributed by atoms with Crippen molar-refractivity contribution in [1.82, 2.24) is 4.90 Å². The molecule has 0 unspecified atom stereocenters. The number of carbonyl (C=O) groups is 1. The highest BCUT2D eigenvalue weighted by Crippen LogP contribution is 2.28. The number of rotatable bonds is 12. The van der Waals surface area contributed by atoms with Crippen LogP contribution in [-0.4, -0.2) is 25.8 Å². The van der Waals surface area contributed by atoms with E-state index in [2.05, 4.69) is 17.0 Å². The largest absolute Gasteiger partial charge is 0.467 e. The molecular formula is C29H29Cl2N3O4S. The first-order chi connectivity index (χ1) is 18.8. The number of unbranched alkanes of at least 4 members (excludes halogenated alkanes) is 1. The topological polar surface area (TPSA) is 91.7 Å². The molecule has 0 radical (unpaired) electrons. The molecule has 0 aliphatic heterocycles. The predicted octanol–water partition coefficient (Wildman–Crippen LogP) is 7.44. The van der Waals surface area contributed by atoms with Crippen LogP contribution in [0.2, 0.25) is 10.0 Å². The summed E-state index contributed by atoms with van der Waals surface area (Å²) in [7, 11) is -3.92. The first-order valence-electron chi connectivity index (χ1n) is 12.5. The summed E-state index contributed by atoms with van der Waals surface area (Å²) in [6, 6.07) is 21.6. The lowest BCUT2D eigenvalue weighted by Crippen LogP contribution is -2.30. The van der Waals surface area contributed by atoms with Crippen molar-refractivity contribution < 1.29 is 17.6 Å².